The van der Waals surface area contributed by atoms with Crippen molar-refractivity contribution in [3.05, 3.63) is 30.1 Å². The summed E-state index contributed by atoms with van der Waals surface area (Å²) in [6.45, 7) is 2.69. The second-order valence-corrected chi connectivity index (χ2v) is 8.24. The molecule has 2 heterocycles. The van der Waals surface area contributed by atoms with Crippen molar-refractivity contribution in [3.63, 3.8) is 0 Å². The average Bonchev–Trinajstić information content (AvgIpc) is 3.05. The predicted octanol–water partition coefficient (Wildman–Crippen LogP) is 2.85. The zero-order valence-corrected chi connectivity index (χ0v) is 15.7. The molecule has 2 saturated heterocycles. The molecule has 3 aliphatic rings. The third-order valence-corrected chi connectivity index (χ3v) is 6.39. The van der Waals surface area contributed by atoms with E-state index in [0.29, 0.717) is 24.8 Å². The van der Waals surface area contributed by atoms with E-state index in [9.17, 15) is 14.0 Å². The van der Waals surface area contributed by atoms with Crippen molar-refractivity contribution >= 4 is 11.8 Å². The molecule has 2 amide bonds. The molecule has 0 aromatic heterocycles. The molecule has 0 bridgehead atoms. The fourth-order valence-electron chi connectivity index (χ4n) is 4.57. The zero-order chi connectivity index (χ0) is 18.9. The highest BCUT2D eigenvalue weighted by atomic mass is 19.1. The number of halogens is 1. The van der Waals surface area contributed by atoms with Crippen molar-refractivity contribution in [1.82, 2.24) is 9.80 Å². The van der Waals surface area contributed by atoms with Crippen molar-refractivity contribution in [2.75, 3.05) is 32.8 Å². The maximum atomic E-state index is 13.2. The number of ether oxygens (including phenoxy) is 1. The van der Waals surface area contributed by atoms with Gasteiger partial charge in [-0.2, -0.15) is 0 Å². The topological polar surface area (TPSA) is 49.9 Å². The van der Waals surface area contributed by atoms with E-state index < -0.39 is 5.41 Å². The van der Waals surface area contributed by atoms with Crippen LogP contribution in [-0.2, 0) is 9.59 Å². The van der Waals surface area contributed by atoms with Crippen LogP contribution in [0.15, 0.2) is 24.3 Å². The van der Waals surface area contributed by atoms with E-state index in [1.54, 1.807) is 17.0 Å². The summed E-state index contributed by atoms with van der Waals surface area (Å²) in [5, 5.41) is 0. The highest BCUT2D eigenvalue weighted by molar-refractivity contribution is 5.86. The second kappa shape index (κ2) is 7.49. The Kier molecular flexibility index (Phi) is 5.06. The molecular weight excluding hydrogens is 347 g/mol. The summed E-state index contributed by atoms with van der Waals surface area (Å²) in [4.78, 5) is 29.4. The molecule has 0 unspecified atom stereocenters. The lowest BCUT2D eigenvalue weighted by Gasteiger charge is -2.42. The van der Waals surface area contributed by atoms with Crippen LogP contribution >= 0.6 is 0 Å². The third-order valence-electron chi connectivity index (χ3n) is 6.39. The van der Waals surface area contributed by atoms with Crippen LogP contribution in [0.25, 0.3) is 0 Å². The summed E-state index contributed by atoms with van der Waals surface area (Å²) in [6.07, 6.45) is 6.36. The molecule has 1 aromatic rings. The van der Waals surface area contributed by atoms with Gasteiger partial charge in [-0.05, 0) is 50.2 Å². The first-order chi connectivity index (χ1) is 13.1. The first-order valence-corrected chi connectivity index (χ1v) is 10.0. The van der Waals surface area contributed by atoms with Gasteiger partial charge in [0, 0.05) is 32.2 Å². The van der Waals surface area contributed by atoms with E-state index in [-0.39, 0.29) is 24.2 Å². The maximum Gasteiger partial charge on any atom is 0.260 e. The first-order valence-electron chi connectivity index (χ1n) is 10.0. The lowest BCUT2D eigenvalue weighted by molar-refractivity contribution is -0.147. The molecular formula is C21H27FN2O3. The standard InChI is InChI=1S/C21H27FN2O3/c22-17-6-2-7-18(12-17)27-14-19(25)24-11-9-21(15-24)8-3-10-23(20(21)26)13-16-4-1-5-16/h2,6-7,12,16H,1,3-5,8-11,13-15H2/t21-/m0/s1. The number of benzene rings is 1. The van der Waals surface area contributed by atoms with Gasteiger partial charge in [-0.1, -0.05) is 12.5 Å². The van der Waals surface area contributed by atoms with Gasteiger partial charge in [-0.25, -0.2) is 4.39 Å². The molecule has 0 N–H and O–H groups in total. The number of nitrogens with zero attached hydrogens (tertiary/aromatic N) is 2. The SMILES string of the molecule is O=C(COc1cccc(F)c1)N1CC[C@@]2(CCCN(CC3CCC3)C2=O)C1. The van der Waals surface area contributed by atoms with Crippen LogP contribution in [0.5, 0.6) is 5.75 Å². The van der Waals surface area contributed by atoms with Crippen LogP contribution in [-0.4, -0.2) is 54.4 Å². The summed E-state index contributed by atoms with van der Waals surface area (Å²) in [6, 6.07) is 5.78. The van der Waals surface area contributed by atoms with Crippen molar-refractivity contribution < 1.29 is 18.7 Å². The number of piperidine rings is 1. The number of rotatable bonds is 5. The Morgan fingerprint density at radius 2 is 2.07 bits per heavy atom. The lowest BCUT2D eigenvalue weighted by atomic mass is 9.77. The Morgan fingerprint density at radius 1 is 1.22 bits per heavy atom. The minimum Gasteiger partial charge on any atom is -0.484 e. The lowest BCUT2D eigenvalue weighted by Crippen LogP contribution is -2.52. The number of hydrogen-bond donors (Lipinski definition) is 0. The summed E-state index contributed by atoms with van der Waals surface area (Å²) >= 11 is 0. The molecule has 27 heavy (non-hydrogen) atoms. The zero-order valence-electron chi connectivity index (χ0n) is 15.7. The van der Waals surface area contributed by atoms with Gasteiger partial charge in [0.1, 0.15) is 11.6 Å². The summed E-state index contributed by atoms with van der Waals surface area (Å²) in [5.41, 5.74) is -0.406. The number of carbonyl (C=O) groups excluding carboxylic acids is 2. The minimum atomic E-state index is -0.406. The predicted molar refractivity (Wildman–Crippen MR) is 98.7 cm³/mol. The normalized spacial score (nSPS) is 25.7. The minimum absolute atomic E-state index is 0.125. The van der Waals surface area contributed by atoms with Crippen molar-refractivity contribution in [1.29, 1.82) is 0 Å². The number of likely N-dealkylation sites (tertiary alicyclic amines) is 2. The van der Waals surface area contributed by atoms with Crippen LogP contribution in [0, 0.1) is 17.2 Å². The van der Waals surface area contributed by atoms with Gasteiger partial charge in [-0.3, -0.25) is 9.59 Å². The second-order valence-electron chi connectivity index (χ2n) is 8.24. The summed E-state index contributed by atoms with van der Waals surface area (Å²) < 4.78 is 18.6. The van der Waals surface area contributed by atoms with Crippen LogP contribution in [0.4, 0.5) is 4.39 Å². The van der Waals surface area contributed by atoms with Gasteiger partial charge in [0.15, 0.2) is 6.61 Å². The molecule has 146 valence electrons. The van der Waals surface area contributed by atoms with Crippen LogP contribution in [0.1, 0.15) is 38.5 Å². The number of hydrogen-bond acceptors (Lipinski definition) is 3. The van der Waals surface area contributed by atoms with Crippen molar-refractivity contribution in [3.8, 4) is 5.75 Å². The quantitative estimate of drug-likeness (QED) is 0.796. The molecule has 1 aromatic carbocycles. The number of amides is 2. The Hall–Kier alpha value is -2.11. The Bertz CT molecular complexity index is 721. The van der Waals surface area contributed by atoms with E-state index in [1.165, 1.54) is 31.4 Å². The van der Waals surface area contributed by atoms with E-state index >= 15 is 0 Å². The Morgan fingerprint density at radius 3 is 2.81 bits per heavy atom. The number of carbonyl (C=O) groups is 2. The van der Waals surface area contributed by atoms with Gasteiger partial charge in [-0.15, -0.1) is 0 Å². The van der Waals surface area contributed by atoms with Crippen molar-refractivity contribution in [2.45, 2.75) is 38.5 Å². The fraction of sp³-hybridized carbons (Fsp3) is 0.619. The molecule has 2 aliphatic heterocycles. The average molecular weight is 374 g/mol. The highest BCUT2D eigenvalue weighted by Crippen LogP contribution is 2.41. The molecule has 1 aliphatic carbocycles. The monoisotopic (exact) mass is 374 g/mol. The molecule has 1 spiro atoms. The molecule has 4 rings (SSSR count). The Labute approximate surface area is 159 Å². The molecule has 1 atom stereocenters. The highest BCUT2D eigenvalue weighted by Gasteiger charge is 2.49. The smallest absolute Gasteiger partial charge is 0.260 e. The largest absolute Gasteiger partial charge is 0.484 e. The van der Waals surface area contributed by atoms with E-state index in [1.807, 2.05) is 4.90 Å². The van der Waals surface area contributed by atoms with Crippen LogP contribution in [0.2, 0.25) is 0 Å². The summed E-state index contributed by atoms with van der Waals surface area (Å²) in [5.74, 6) is 0.724. The van der Waals surface area contributed by atoms with Crippen molar-refractivity contribution in [2.24, 2.45) is 11.3 Å². The fourth-order valence-corrected chi connectivity index (χ4v) is 4.57. The van der Waals surface area contributed by atoms with E-state index in [0.717, 1.165) is 32.4 Å². The third kappa shape index (κ3) is 3.80. The summed E-state index contributed by atoms with van der Waals surface area (Å²) in [7, 11) is 0. The maximum absolute atomic E-state index is 13.2. The first kappa shape index (κ1) is 18.3. The Balaban J connectivity index is 1.33. The van der Waals surface area contributed by atoms with Gasteiger partial charge in [0.05, 0.1) is 5.41 Å². The van der Waals surface area contributed by atoms with Gasteiger partial charge in [0.25, 0.3) is 5.91 Å². The van der Waals surface area contributed by atoms with Gasteiger partial charge in [0.2, 0.25) is 5.91 Å². The molecule has 6 heteroatoms. The van der Waals surface area contributed by atoms with E-state index in [4.69, 9.17) is 4.74 Å². The molecule has 3 fully saturated rings. The van der Waals surface area contributed by atoms with E-state index in [2.05, 4.69) is 0 Å². The van der Waals surface area contributed by atoms with Gasteiger partial charge >= 0.3 is 0 Å². The molecule has 0 radical (unpaired) electrons. The van der Waals surface area contributed by atoms with Gasteiger partial charge < -0.3 is 14.5 Å². The van der Waals surface area contributed by atoms with Crippen LogP contribution < -0.4 is 4.74 Å². The van der Waals surface area contributed by atoms with Crippen LogP contribution in [0.3, 0.4) is 0 Å². The molecule has 5 nitrogen and oxygen atoms in total. The molecule has 1 saturated carbocycles.